The van der Waals surface area contributed by atoms with Crippen LogP contribution in [0.25, 0.3) is 0 Å². The third-order valence-corrected chi connectivity index (χ3v) is 4.46. The maximum Gasteiger partial charge on any atom is 0.252 e. The fraction of sp³-hybridized carbons (Fsp3) is 0.500. The van der Waals surface area contributed by atoms with Gasteiger partial charge in [0.1, 0.15) is 0 Å². The lowest BCUT2D eigenvalue weighted by Gasteiger charge is -2.34. The van der Waals surface area contributed by atoms with E-state index in [2.05, 4.69) is 33.5 Å². The summed E-state index contributed by atoms with van der Waals surface area (Å²) >= 11 is 9.30. The van der Waals surface area contributed by atoms with Gasteiger partial charge in [0.2, 0.25) is 0 Å². The molecule has 2 rings (SSSR count). The zero-order valence-corrected chi connectivity index (χ0v) is 14.5. The van der Waals surface area contributed by atoms with Crippen molar-refractivity contribution in [3.8, 4) is 0 Å². The van der Waals surface area contributed by atoms with Crippen molar-refractivity contribution in [2.45, 2.75) is 19.8 Å². The average molecular weight is 382 g/mol. The first-order valence-corrected chi connectivity index (χ1v) is 7.61. The van der Waals surface area contributed by atoms with Crippen LogP contribution in [-0.4, -0.2) is 25.5 Å². The molecule has 0 bridgehead atoms. The largest absolute Gasteiger partial charge is 0.351 e. The predicted molar refractivity (Wildman–Crippen MR) is 88.9 cm³/mol. The van der Waals surface area contributed by atoms with Gasteiger partial charge in [-0.1, -0.05) is 18.5 Å². The van der Waals surface area contributed by atoms with Crippen LogP contribution in [0.3, 0.4) is 0 Å². The van der Waals surface area contributed by atoms with Crippen molar-refractivity contribution in [3.63, 3.8) is 0 Å². The summed E-state index contributed by atoms with van der Waals surface area (Å²) in [6.45, 7) is 4.90. The first-order valence-electron chi connectivity index (χ1n) is 6.44. The van der Waals surface area contributed by atoms with E-state index in [1.807, 2.05) is 0 Å². The van der Waals surface area contributed by atoms with E-state index in [-0.39, 0.29) is 23.7 Å². The molecule has 1 aromatic rings. The van der Waals surface area contributed by atoms with E-state index in [4.69, 9.17) is 11.6 Å². The molecule has 3 nitrogen and oxygen atoms in total. The molecule has 0 radical (unpaired) electrons. The number of piperidine rings is 1. The lowest BCUT2D eigenvalue weighted by Crippen LogP contribution is -2.45. The highest BCUT2D eigenvalue weighted by Gasteiger charge is 2.27. The van der Waals surface area contributed by atoms with E-state index in [1.54, 1.807) is 18.2 Å². The summed E-state index contributed by atoms with van der Waals surface area (Å²) in [6.07, 6.45) is 2.30. The molecule has 0 spiro atoms. The Morgan fingerprint density at radius 3 is 2.95 bits per heavy atom. The zero-order chi connectivity index (χ0) is 13.9. The molecular weight excluding hydrogens is 363 g/mol. The molecule has 112 valence electrons. The van der Waals surface area contributed by atoms with Crippen LogP contribution in [0.5, 0.6) is 0 Å². The molecule has 1 heterocycles. The first-order chi connectivity index (χ1) is 9.00. The van der Waals surface area contributed by atoms with Crippen LogP contribution in [0.1, 0.15) is 30.1 Å². The van der Waals surface area contributed by atoms with Gasteiger partial charge < -0.3 is 10.6 Å². The molecule has 1 atom stereocenters. The molecule has 0 aliphatic carbocycles. The Labute approximate surface area is 139 Å². The number of nitrogens with one attached hydrogen (secondary N) is 2. The highest BCUT2D eigenvalue weighted by atomic mass is 79.9. The van der Waals surface area contributed by atoms with Gasteiger partial charge in [0, 0.05) is 22.6 Å². The standard InChI is InChI=1S/C14H18BrClN2O.ClH/c1-14(5-2-6-17-8-14)9-18-13(19)11-7-10(16)3-4-12(11)15;/h3-4,7,17H,2,5-6,8-9H2,1H3,(H,18,19);1H. The number of hydrogen-bond donors (Lipinski definition) is 2. The van der Waals surface area contributed by atoms with Crippen LogP contribution >= 0.6 is 39.9 Å². The van der Waals surface area contributed by atoms with E-state index in [0.29, 0.717) is 17.1 Å². The summed E-state index contributed by atoms with van der Waals surface area (Å²) in [5.41, 5.74) is 0.721. The lowest BCUT2D eigenvalue weighted by atomic mass is 9.83. The Kier molecular flexibility index (Phi) is 6.79. The van der Waals surface area contributed by atoms with Crippen LogP contribution in [0.2, 0.25) is 5.02 Å². The van der Waals surface area contributed by atoms with Crippen molar-refractivity contribution in [3.05, 3.63) is 33.3 Å². The Balaban J connectivity index is 0.00000200. The van der Waals surface area contributed by atoms with Crippen molar-refractivity contribution in [2.24, 2.45) is 5.41 Å². The van der Waals surface area contributed by atoms with E-state index < -0.39 is 0 Å². The third-order valence-electron chi connectivity index (χ3n) is 3.53. The van der Waals surface area contributed by atoms with Gasteiger partial charge >= 0.3 is 0 Å². The van der Waals surface area contributed by atoms with Gasteiger partial charge in [-0.15, -0.1) is 12.4 Å². The Morgan fingerprint density at radius 2 is 2.30 bits per heavy atom. The fourth-order valence-corrected chi connectivity index (χ4v) is 2.93. The minimum absolute atomic E-state index is 0. The predicted octanol–water partition coefficient (Wildman–Crippen LogP) is 3.64. The Bertz CT molecular complexity index is 476. The lowest BCUT2D eigenvalue weighted by molar-refractivity contribution is 0.0924. The van der Waals surface area contributed by atoms with Crippen molar-refractivity contribution >= 4 is 45.8 Å². The molecular formula is C14H19BrCl2N2O. The first kappa shape index (κ1) is 17.8. The minimum Gasteiger partial charge on any atom is -0.351 e. The van der Waals surface area contributed by atoms with Gasteiger partial charge in [-0.25, -0.2) is 0 Å². The van der Waals surface area contributed by atoms with Gasteiger partial charge in [0.25, 0.3) is 5.91 Å². The van der Waals surface area contributed by atoms with Crippen LogP contribution in [0.15, 0.2) is 22.7 Å². The summed E-state index contributed by atoms with van der Waals surface area (Å²) < 4.78 is 0.765. The van der Waals surface area contributed by atoms with Crippen molar-refractivity contribution in [1.82, 2.24) is 10.6 Å². The molecule has 6 heteroatoms. The van der Waals surface area contributed by atoms with Crippen molar-refractivity contribution in [1.29, 1.82) is 0 Å². The minimum atomic E-state index is -0.0822. The molecule has 1 unspecified atom stereocenters. The SMILES string of the molecule is CC1(CNC(=O)c2cc(Cl)ccc2Br)CCCNC1.Cl. The van der Waals surface area contributed by atoms with E-state index in [0.717, 1.165) is 30.4 Å². The molecule has 1 aromatic carbocycles. The molecule has 0 aromatic heterocycles. The summed E-state index contributed by atoms with van der Waals surface area (Å²) in [4.78, 5) is 12.2. The van der Waals surface area contributed by atoms with Crippen LogP contribution in [0, 0.1) is 5.41 Å². The van der Waals surface area contributed by atoms with Gasteiger partial charge in [0.15, 0.2) is 0 Å². The number of rotatable bonds is 3. The number of hydrogen-bond acceptors (Lipinski definition) is 2. The summed E-state index contributed by atoms with van der Waals surface area (Å²) in [7, 11) is 0. The number of halogens is 3. The maximum atomic E-state index is 12.2. The van der Waals surface area contributed by atoms with Gasteiger partial charge in [-0.2, -0.15) is 0 Å². The molecule has 20 heavy (non-hydrogen) atoms. The second-order valence-electron chi connectivity index (χ2n) is 5.40. The highest BCUT2D eigenvalue weighted by Crippen LogP contribution is 2.25. The van der Waals surface area contributed by atoms with E-state index >= 15 is 0 Å². The molecule has 0 saturated carbocycles. The smallest absolute Gasteiger partial charge is 0.252 e. The third kappa shape index (κ3) is 4.62. The highest BCUT2D eigenvalue weighted by molar-refractivity contribution is 9.10. The second-order valence-corrected chi connectivity index (χ2v) is 6.69. The van der Waals surface area contributed by atoms with Crippen molar-refractivity contribution in [2.75, 3.05) is 19.6 Å². The monoisotopic (exact) mass is 380 g/mol. The summed E-state index contributed by atoms with van der Waals surface area (Å²) in [5.74, 6) is -0.0822. The fourth-order valence-electron chi connectivity index (χ4n) is 2.33. The summed E-state index contributed by atoms with van der Waals surface area (Å²) in [6, 6.07) is 5.23. The quantitative estimate of drug-likeness (QED) is 0.838. The number of carbonyl (C=O) groups excluding carboxylic acids is 1. The average Bonchev–Trinajstić information content (AvgIpc) is 2.40. The second kappa shape index (κ2) is 7.64. The summed E-state index contributed by atoms with van der Waals surface area (Å²) in [5, 5.41) is 6.96. The van der Waals surface area contributed by atoms with E-state index in [9.17, 15) is 4.79 Å². The van der Waals surface area contributed by atoms with Gasteiger partial charge in [-0.05, 0) is 58.9 Å². The number of amides is 1. The molecule has 2 N–H and O–H groups in total. The normalized spacial score (nSPS) is 21.9. The van der Waals surface area contributed by atoms with Gasteiger partial charge in [-0.3, -0.25) is 4.79 Å². The van der Waals surface area contributed by atoms with Crippen LogP contribution in [0.4, 0.5) is 0 Å². The Morgan fingerprint density at radius 1 is 1.55 bits per heavy atom. The van der Waals surface area contributed by atoms with Crippen LogP contribution in [-0.2, 0) is 0 Å². The molecule has 1 aliphatic rings. The topological polar surface area (TPSA) is 41.1 Å². The number of carbonyl (C=O) groups is 1. The molecule has 1 amide bonds. The molecule has 1 saturated heterocycles. The van der Waals surface area contributed by atoms with Gasteiger partial charge in [0.05, 0.1) is 5.56 Å². The van der Waals surface area contributed by atoms with E-state index in [1.165, 1.54) is 0 Å². The maximum absolute atomic E-state index is 12.2. The Hall–Kier alpha value is -0.290. The van der Waals surface area contributed by atoms with Crippen molar-refractivity contribution < 1.29 is 4.79 Å². The number of benzene rings is 1. The zero-order valence-electron chi connectivity index (χ0n) is 11.3. The molecule has 1 fully saturated rings. The van der Waals surface area contributed by atoms with Crippen LogP contribution < -0.4 is 10.6 Å². The molecule has 1 aliphatic heterocycles.